The van der Waals surface area contributed by atoms with E-state index >= 15 is 0 Å². The molecular formula is C35H29BrN4O2S2. The molecule has 0 aliphatic carbocycles. The van der Waals surface area contributed by atoms with Crippen molar-refractivity contribution in [2.24, 2.45) is 0 Å². The van der Waals surface area contributed by atoms with Crippen LogP contribution in [0.5, 0.6) is 0 Å². The first-order valence-electron chi connectivity index (χ1n) is 14.2. The third-order valence-corrected chi connectivity index (χ3v) is 10.4. The summed E-state index contributed by atoms with van der Waals surface area (Å²) in [6.07, 6.45) is 3.20. The van der Waals surface area contributed by atoms with Gasteiger partial charge in [0.25, 0.3) is 0 Å². The smallest absolute Gasteiger partial charge is 0.245 e. The Bertz CT molecular complexity index is 1750. The number of nitriles is 2. The van der Waals surface area contributed by atoms with E-state index < -0.39 is 0 Å². The van der Waals surface area contributed by atoms with Crippen LogP contribution in [0.3, 0.4) is 0 Å². The zero-order valence-electron chi connectivity index (χ0n) is 23.8. The monoisotopic (exact) mass is 680 g/mol. The fourth-order valence-corrected chi connectivity index (χ4v) is 7.74. The van der Waals surface area contributed by atoms with Crippen molar-refractivity contribution in [1.29, 1.82) is 10.5 Å². The van der Waals surface area contributed by atoms with E-state index in [1.807, 2.05) is 77.7 Å². The van der Waals surface area contributed by atoms with Gasteiger partial charge >= 0.3 is 0 Å². The topological polar surface area (TPSA) is 97.0 Å². The summed E-state index contributed by atoms with van der Waals surface area (Å²) in [4.78, 5) is 29.4. The van der Waals surface area contributed by atoms with Crippen LogP contribution in [-0.4, -0.2) is 23.7 Å². The van der Waals surface area contributed by atoms with Crippen LogP contribution in [-0.2, 0) is 9.59 Å². The number of thioether (sulfide) groups is 2. The first-order valence-corrected chi connectivity index (χ1v) is 17.1. The summed E-state index contributed by atoms with van der Waals surface area (Å²) in [5.74, 6) is 0.0661. The molecule has 0 spiro atoms. The number of fused-ring (bicyclic) bond motifs is 2. The van der Waals surface area contributed by atoms with Gasteiger partial charge < -0.3 is 10.2 Å². The first-order chi connectivity index (χ1) is 21.5. The van der Waals surface area contributed by atoms with Gasteiger partial charge in [-0.15, -0.1) is 23.5 Å². The van der Waals surface area contributed by atoms with E-state index in [2.05, 4.69) is 39.5 Å². The minimum absolute atomic E-state index is 0.0428. The number of carbonyl (C=O) groups is 2. The molecule has 9 heteroatoms. The lowest BCUT2D eigenvalue weighted by Crippen LogP contribution is -2.38. The number of anilines is 2. The summed E-state index contributed by atoms with van der Waals surface area (Å²) in [5, 5.41) is 21.4. The van der Waals surface area contributed by atoms with Gasteiger partial charge in [-0.3, -0.25) is 9.59 Å². The number of nitrogens with one attached hydrogen (secondary N) is 1. The maximum Gasteiger partial charge on any atom is 0.245 e. The van der Waals surface area contributed by atoms with E-state index in [1.165, 1.54) is 11.8 Å². The molecule has 4 aromatic rings. The fraction of sp³-hybridized carbons (Fsp3) is 0.200. The van der Waals surface area contributed by atoms with E-state index in [-0.39, 0.29) is 22.3 Å². The number of unbranched alkanes of at least 4 members (excludes halogenated alkanes) is 2. The first kappa shape index (κ1) is 31.4. The highest BCUT2D eigenvalue weighted by molar-refractivity contribution is 9.09. The van der Waals surface area contributed by atoms with E-state index in [9.17, 15) is 9.59 Å². The lowest BCUT2D eigenvalue weighted by atomic mass is 10.1. The van der Waals surface area contributed by atoms with Gasteiger partial charge in [0.2, 0.25) is 11.8 Å². The number of hydrogen-bond acceptors (Lipinski definition) is 6. The molecule has 2 amide bonds. The van der Waals surface area contributed by atoms with Crippen LogP contribution in [0.25, 0.3) is 0 Å². The number of rotatable bonds is 7. The van der Waals surface area contributed by atoms with Crippen LogP contribution in [0.1, 0.15) is 52.0 Å². The van der Waals surface area contributed by atoms with Gasteiger partial charge in [0, 0.05) is 21.7 Å². The molecule has 44 heavy (non-hydrogen) atoms. The minimum Gasteiger partial charge on any atom is -0.324 e. The molecule has 0 aromatic heterocycles. The van der Waals surface area contributed by atoms with Crippen LogP contribution < -0.4 is 10.2 Å². The maximum absolute atomic E-state index is 13.2. The Morgan fingerprint density at radius 1 is 0.727 bits per heavy atom. The van der Waals surface area contributed by atoms with E-state index in [4.69, 9.17) is 10.5 Å². The normalized spacial score (nSPS) is 16.8. The lowest BCUT2D eigenvalue weighted by Gasteiger charge is -2.34. The van der Waals surface area contributed by atoms with Crippen molar-refractivity contribution in [2.45, 2.75) is 39.6 Å². The maximum atomic E-state index is 13.2. The molecule has 0 saturated heterocycles. The summed E-state index contributed by atoms with van der Waals surface area (Å²) in [6, 6.07) is 34.6. The zero-order valence-corrected chi connectivity index (χ0v) is 27.0. The van der Waals surface area contributed by atoms with Crippen molar-refractivity contribution in [1.82, 2.24) is 0 Å². The van der Waals surface area contributed by atoms with Crippen LogP contribution in [0.4, 0.5) is 11.4 Å². The number of nitrogens with zero attached hydrogens (tertiary/aromatic N) is 3. The van der Waals surface area contributed by atoms with Gasteiger partial charge in [-0.05, 0) is 72.5 Å². The third-order valence-electron chi connectivity index (χ3n) is 7.17. The van der Waals surface area contributed by atoms with E-state index in [1.54, 1.807) is 30.0 Å². The predicted molar refractivity (Wildman–Crippen MR) is 181 cm³/mol. The van der Waals surface area contributed by atoms with Crippen molar-refractivity contribution >= 4 is 62.6 Å². The highest BCUT2D eigenvalue weighted by Crippen LogP contribution is 2.47. The lowest BCUT2D eigenvalue weighted by molar-refractivity contribution is -0.118. The second kappa shape index (κ2) is 15.1. The van der Waals surface area contributed by atoms with Crippen molar-refractivity contribution < 1.29 is 9.59 Å². The Morgan fingerprint density at radius 2 is 1.34 bits per heavy atom. The minimum atomic E-state index is -0.303. The fourth-order valence-electron chi connectivity index (χ4n) is 5.01. The van der Waals surface area contributed by atoms with E-state index in [0.29, 0.717) is 11.1 Å². The van der Waals surface area contributed by atoms with Gasteiger partial charge in [0.1, 0.15) is 10.5 Å². The highest BCUT2D eigenvalue weighted by Gasteiger charge is 2.34. The summed E-state index contributed by atoms with van der Waals surface area (Å²) < 4.78 is 0. The zero-order chi connectivity index (χ0) is 30.9. The number of amides is 2. The van der Waals surface area contributed by atoms with Gasteiger partial charge in [0.05, 0.1) is 34.6 Å². The molecule has 2 atom stereocenters. The summed E-state index contributed by atoms with van der Waals surface area (Å²) in [5.41, 5.74) is 4.78. The second-order valence-electron chi connectivity index (χ2n) is 10.2. The molecule has 6 nitrogen and oxygen atoms in total. The highest BCUT2D eigenvalue weighted by atomic mass is 79.9. The van der Waals surface area contributed by atoms with Crippen molar-refractivity contribution in [3.63, 3.8) is 0 Å². The molecule has 0 bridgehead atoms. The van der Waals surface area contributed by atoms with Crippen molar-refractivity contribution in [2.75, 3.05) is 22.1 Å². The molecule has 0 fully saturated rings. The molecular weight excluding hydrogens is 652 g/mol. The SMILES string of the molecule is N#Cc1cccc(C2Sc3ccccc3N(CCCCCBr)C2=O)c1.N#Cc1cccc(C2Sc3ccccc3NC2=O)c1. The number of carbonyl (C=O) groups excluding carboxylic acids is 2. The average molecular weight is 682 g/mol. The van der Waals surface area contributed by atoms with Crippen LogP contribution >= 0.6 is 39.5 Å². The van der Waals surface area contributed by atoms with Crippen LogP contribution in [0.2, 0.25) is 0 Å². The van der Waals surface area contributed by atoms with Gasteiger partial charge in [0.15, 0.2) is 0 Å². The average Bonchev–Trinajstić information content (AvgIpc) is 3.07. The quantitative estimate of drug-likeness (QED) is 0.155. The number of hydrogen-bond donors (Lipinski definition) is 1. The molecule has 2 aliphatic heterocycles. The Hall–Kier alpha value is -4.02. The molecule has 2 unspecified atom stereocenters. The molecule has 220 valence electrons. The summed E-state index contributed by atoms with van der Waals surface area (Å²) >= 11 is 6.55. The Morgan fingerprint density at radius 3 is 2.02 bits per heavy atom. The molecule has 1 N–H and O–H groups in total. The van der Waals surface area contributed by atoms with Gasteiger partial charge in [-0.2, -0.15) is 10.5 Å². The Balaban J connectivity index is 0.000000181. The molecule has 4 aromatic carbocycles. The van der Waals surface area contributed by atoms with Crippen LogP contribution in [0.15, 0.2) is 107 Å². The number of benzene rings is 4. The summed E-state index contributed by atoms with van der Waals surface area (Å²) in [6.45, 7) is 0.734. The molecule has 2 heterocycles. The standard InChI is InChI=1S/C20H19BrN2OS.C15H10N2OS/c21-11-4-1-5-12-23-17-9-2-3-10-18(17)25-19(20(23)24)16-8-6-7-15(13-16)14-22;16-9-10-4-3-5-11(8-10)14-15(18)17-12-6-1-2-7-13(12)19-14/h2-3,6-10,13,19H,1,4-5,11-12H2;1-8,14H,(H,17,18). The largest absolute Gasteiger partial charge is 0.324 e. The number of halogens is 1. The molecule has 0 radical (unpaired) electrons. The number of alkyl halides is 1. The molecule has 6 rings (SSSR count). The van der Waals surface area contributed by atoms with E-state index in [0.717, 1.165) is 63.4 Å². The van der Waals surface area contributed by atoms with Crippen molar-refractivity contribution in [3.05, 3.63) is 119 Å². The Kier molecular flexibility index (Phi) is 10.8. The van der Waals surface area contributed by atoms with Crippen LogP contribution in [0, 0.1) is 22.7 Å². The molecule has 2 aliphatic rings. The Labute approximate surface area is 274 Å². The number of para-hydroxylation sites is 2. The predicted octanol–water partition coefficient (Wildman–Crippen LogP) is 8.65. The van der Waals surface area contributed by atoms with Gasteiger partial charge in [-0.1, -0.05) is 70.9 Å². The third kappa shape index (κ3) is 7.36. The second-order valence-corrected chi connectivity index (χ2v) is 13.2. The van der Waals surface area contributed by atoms with Gasteiger partial charge in [-0.25, -0.2) is 0 Å². The van der Waals surface area contributed by atoms with Crippen molar-refractivity contribution in [3.8, 4) is 12.1 Å². The molecule has 0 saturated carbocycles. The summed E-state index contributed by atoms with van der Waals surface area (Å²) in [7, 11) is 0.